The maximum atomic E-state index is 5.09. The van der Waals surface area contributed by atoms with Gasteiger partial charge in [-0.2, -0.15) is 0 Å². The summed E-state index contributed by atoms with van der Waals surface area (Å²) < 4.78 is 0.600. The number of hydrogen-bond acceptors (Lipinski definition) is 3. The molecule has 2 aliphatic rings. The fourth-order valence-corrected chi connectivity index (χ4v) is 3.48. The van der Waals surface area contributed by atoms with E-state index in [0.717, 1.165) is 26.1 Å². The molecule has 1 aromatic rings. The normalized spacial score (nSPS) is 22.5. The number of rotatable bonds is 3. The predicted octanol–water partition coefficient (Wildman–Crippen LogP) is 3.80. The van der Waals surface area contributed by atoms with Crippen LogP contribution in [0.15, 0.2) is 30.0 Å². The highest BCUT2D eigenvalue weighted by Crippen LogP contribution is 2.29. The van der Waals surface area contributed by atoms with Gasteiger partial charge in [0.15, 0.2) is 4.77 Å². The monoisotopic (exact) mass is 301 g/mol. The Morgan fingerprint density at radius 3 is 3.10 bits per heavy atom. The standard InChI is InChI=1S/C17H23N3S/c1-12(2)14-5-3-13(4-6-14)10-20-8-7-16-15(11-20)9-18-17(21)19-16/h3,9,14H,1,4-8,10-11H2,2H3,(H,18,19,21). The van der Waals surface area contributed by atoms with Crippen LogP contribution in [0, 0.1) is 10.7 Å². The molecule has 0 saturated carbocycles. The Labute approximate surface area is 131 Å². The molecule has 0 radical (unpaired) electrons. The molecule has 21 heavy (non-hydrogen) atoms. The van der Waals surface area contributed by atoms with Crippen molar-refractivity contribution in [2.24, 2.45) is 5.92 Å². The van der Waals surface area contributed by atoms with E-state index in [1.54, 1.807) is 5.57 Å². The van der Waals surface area contributed by atoms with Gasteiger partial charge in [-0.15, -0.1) is 0 Å². The minimum atomic E-state index is 0.600. The zero-order chi connectivity index (χ0) is 14.8. The van der Waals surface area contributed by atoms with Gasteiger partial charge < -0.3 is 4.98 Å². The number of nitrogens with one attached hydrogen (secondary N) is 1. The fourth-order valence-electron chi connectivity index (χ4n) is 3.31. The van der Waals surface area contributed by atoms with Crippen LogP contribution in [0.1, 0.15) is 37.4 Å². The van der Waals surface area contributed by atoms with Crippen LogP contribution >= 0.6 is 12.2 Å². The number of aromatic nitrogens is 2. The predicted molar refractivity (Wildman–Crippen MR) is 88.6 cm³/mol. The van der Waals surface area contributed by atoms with Gasteiger partial charge >= 0.3 is 0 Å². The van der Waals surface area contributed by atoms with Gasteiger partial charge in [-0.25, -0.2) is 4.98 Å². The van der Waals surface area contributed by atoms with E-state index in [-0.39, 0.29) is 0 Å². The van der Waals surface area contributed by atoms with E-state index in [0.29, 0.717) is 10.7 Å². The minimum absolute atomic E-state index is 0.600. The van der Waals surface area contributed by atoms with Crippen molar-refractivity contribution in [3.63, 3.8) is 0 Å². The molecule has 0 amide bonds. The van der Waals surface area contributed by atoms with E-state index in [1.807, 2.05) is 6.20 Å². The van der Waals surface area contributed by atoms with Crippen LogP contribution in [0.25, 0.3) is 0 Å². The summed E-state index contributed by atoms with van der Waals surface area (Å²) in [6, 6.07) is 0. The number of H-pyrrole nitrogens is 1. The summed E-state index contributed by atoms with van der Waals surface area (Å²) in [5.74, 6) is 0.695. The van der Waals surface area contributed by atoms with Crippen LogP contribution < -0.4 is 0 Å². The Hall–Kier alpha value is -1.26. The number of allylic oxidation sites excluding steroid dienone is 2. The second-order valence-electron chi connectivity index (χ2n) is 6.33. The van der Waals surface area contributed by atoms with Gasteiger partial charge in [0.25, 0.3) is 0 Å². The summed E-state index contributed by atoms with van der Waals surface area (Å²) in [7, 11) is 0. The Morgan fingerprint density at radius 2 is 2.38 bits per heavy atom. The van der Waals surface area contributed by atoms with Crippen molar-refractivity contribution in [3.05, 3.63) is 46.0 Å². The lowest BCUT2D eigenvalue weighted by Crippen LogP contribution is -2.33. The summed E-state index contributed by atoms with van der Waals surface area (Å²) in [6.45, 7) is 9.43. The van der Waals surface area contributed by atoms with Gasteiger partial charge in [-0.1, -0.05) is 23.8 Å². The molecule has 3 rings (SSSR count). The average Bonchev–Trinajstić information content (AvgIpc) is 2.48. The third-order valence-corrected chi connectivity index (χ3v) is 4.89. The summed E-state index contributed by atoms with van der Waals surface area (Å²) in [4.78, 5) is 9.96. The molecule has 112 valence electrons. The zero-order valence-electron chi connectivity index (χ0n) is 12.7. The van der Waals surface area contributed by atoms with Crippen LogP contribution in [0.2, 0.25) is 0 Å². The summed E-state index contributed by atoms with van der Waals surface area (Å²) in [5, 5.41) is 0. The van der Waals surface area contributed by atoms with Crippen LogP contribution in [-0.2, 0) is 13.0 Å². The van der Waals surface area contributed by atoms with Crippen LogP contribution in [0.4, 0.5) is 0 Å². The summed E-state index contributed by atoms with van der Waals surface area (Å²) in [5.41, 5.74) is 5.49. The molecule has 0 bridgehead atoms. The minimum Gasteiger partial charge on any atom is -0.334 e. The zero-order valence-corrected chi connectivity index (χ0v) is 13.5. The highest BCUT2D eigenvalue weighted by atomic mass is 32.1. The number of nitrogens with zero attached hydrogens (tertiary/aromatic N) is 2. The molecule has 4 heteroatoms. The number of aromatic amines is 1. The van der Waals surface area contributed by atoms with Gasteiger partial charge in [0.05, 0.1) is 0 Å². The van der Waals surface area contributed by atoms with Crippen molar-refractivity contribution in [1.82, 2.24) is 14.9 Å². The molecule has 0 aromatic carbocycles. The summed E-state index contributed by atoms with van der Waals surface area (Å²) in [6.07, 6.45) is 9.07. The van der Waals surface area contributed by atoms with Gasteiger partial charge in [0.1, 0.15) is 0 Å². The Morgan fingerprint density at radius 1 is 1.52 bits per heavy atom. The molecule has 3 nitrogen and oxygen atoms in total. The molecule has 1 aliphatic heterocycles. The molecule has 1 aromatic heterocycles. The van der Waals surface area contributed by atoms with E-state index in [2.05, 4.69) is 34.4 Å². The van der Waals surface area contributed by atoms with Crippen molar-refractivity contribution in [3.8, 4) is 0 Å². The topological polar surface area (TPSA) is 31.9 Å². The average molecular weight is 301 g/mol. The third kappa shape index (κ3) is 3.50. The Balaban J connectivity index is 1.62. The lowest BCUT2D eigenvalue weighted by molar-refractivity contribution is 0.267. The quantitative estimate of drug-likeness (QED) is 0.681. The molecule has 1 N–H and O–H groups in total. The Kier molecular flexibility index (Phi) is 4.36. The van der Waals surface area contributed by atoms with Crippen molar-refractivity contribution in [1.29, 1.82) is 0 Å². The third-order valence-electron chi connectivity index (χ3n) is 4.68. The van der Waals surface area contributed by atoms with Crippen molar-refractivity contribution in [2.75, 3.05) is 13.1 Å². The largest absolute Gasteiger partial charge is 0.334 e. The molecule has 0 spiro atoms. The van der Waals surface area contributed by atoms with Gasteiger partial charge in [-0.05, 0) is 44.3 Å². The van der Waals surface area contributed by atoms with E-state index < -0.39 is 0 Å². The first kappa shape index (κ1) is 14.7. The highest BCUT2D eigenvalue weighted by Gasteiger charge is 2.20. The molecule has 0 fully saturated rings. The molecule has 0 saturated heterocycles. The SMILES string of the molecule is C=C(C)C1CC=C(CN2CCc3[nH]c(=S)ncc3C2)CC1. The first-order valence-electron chi connectivity index (χ1n) is 7.74. The summed E-state index contributed by atoms with van der Waals surface area (Å²) >= 11 is 5.09. The Bertz CT molecular complexity index is 629. The smallest absolute Gasteiger partial charge is 0.196 e. The van der Waals surface area contributed by atoms with Gasteiger partial charge in [-0.3, -0.25) is 4.90 Å². The van der Waals surface area contributed by atoms with Crippen LogP contribution in [-0.4, -0.2) is 28.0 Å². The first-order chi connectivity index (χ1) is 10.1. The van der Waals surface area contributed by atoms with E-state index in [1.165, 1.54) is 36.1 Å². The lowest BCUT2D eigenvalue weighted by Gasteiger charge is -2.31. The lowest BCUT2D eigenvalue weighted by atomic mass is 9.85. The second-order valence-corrected chi connectivity index (χ2v) is 6.72. The molecule has 1 atom stereocenters. The van der Waals surface area contributed by atoms with Crippen LogP contribution in [0.5, 0.6) is 0 Å². The van der Waals surface area contributed by atoms with E-state index in [4.69, 9.17) is 12.2 Å². The van der Waals surface area contributed by atoms with Crippen molar-refractivity contribution < 1.29 is 0 Å². The highest BCUT2D eigenvalue weighted by molar-refractivity contribution is 7.71. The van der Waals surface area contributed by atoms with Gasteiger partial charge in [0.2, 0.25) is 0 Å². The fraction of sp³-hybridized carbons (Fsp3) is 0.529. The number of hydrogen-bond donors (Lipinski definition) is 1. The van der Waals surface area contributed by atoms with Crippen molar-refractivity contribution >= 4 is 12.2 Å². The molecular weight excluding hydrogens is 278 g/mol. The van der Waals surface area contributed by atoms with Crippen molar-refractivity contribution in [2.45, 2.75) is 39.2 Å². The van der Waals surface area contributed by atoms with Gasteiger partial charge in [0, 0.05) is 43.5 Å². The molecular formula is C17H23N3S. The number of fused-ring (bicyclic) bond motifs is 1. The molecule has 2 heterocycles. The maximum absolute atomic E-state index is 5.09. The first-order valence-corrected chi connectivity index (χ1v) is 8.15. The van der Waals surface area contributed by atoms with E-state index >= 15 is 0 Å². The van der Waals surface area contributed by atoms with Crippen LogP contribution in [0.3, 0.4) is 0 Å². The molecule has 1 aliphatic carbocycles. The molecule has 1 unspecified atom stereocenters. The van der Waals surface area contributed by atoms with E-state index in [9.17, 15) is 0 Å². The maximum Gasteiger partial charge on any atom is 0.196 e. The second kappa shape index (κ2) is 6.24.